The minimum absolute atomic E-state index is 0.00184. The lowest BCUT2D eigenvalue weighted by Crippen LogP contribution is -2.27. The standard InChI is InChI=1S/C17H19NOS/c1-12-8-10-14(11-9-12)13(2)18-17(19)15-6-4-5-7-16(15)20-3/h4-11,13H,1-3H3,(H,18,19)/t13-/m1/s1. The molecule has 0 spiro atoms. The molecule has 0 aliphatic rings. The third-order valence-electron chi connectivity index (χ3n) is 3.28. The van der Waals surface area contributed by atoms with Gasteiger partial charge in [-0.1, -0.05) is 42.0 Å². The van der Waals surface area contributed by atoms with Crippen molar-refractivity contribution < 1.29 is 4.79 Å². The van der Waals surface area contributed by atoms with Crippen LogP contribution >= 0.6 is 11.8 Å². The summed E-state index contributed by atoms with van der Waals surface area (Å²) < 4.78 is 0. The van der Waals surface area contributed by atoms with Crippen LogP contribution in [0, 0.1) is 6.92 Å². The predicted molar refractivity (Wildman–Crippen MR) is 85.3 cm³/mol. The monoisotopic (exact) mass is 285 g/mol. The first kappa shape index (κ1) is 14.7. The number of carbonyl (C=O) groups is 1. The highest BCUT2D eigenvalue weighted by Crippen LogP contribution is 2.21. The quantitative estimate of drug-likeness (QED) is 0.853. The number of aryl methyl sites for hydroxylation is 1. The van der Waals surface area contributed by atoms with Crippen LogP contribution in [-0.2, 0) is 0 Å². The van der Waals surface area contributed by atoms with E-state index in [-0.39, 0.29) is 11.9 Å². The molecule has 0 bridgehead atoms. The molecule has 2 rings (SSSR count). The zero-order chi connectivity index (χ0) is 14.5. The fourth-order valence-electron chi connectivity index (χ4n) is 2.05. The Balaban J connectivity index is 2.13. The number of amides is 1. The molecule has 2 nitrogen and oxygen atoms in total. The summed E-state index contributed by atoms with van der Waals surface area (Å²) >= 11 is 1.59. The van der Waals surface area contributed by atoms with Crippen molar-refractivity contribution in [1.82, 2.24) is 5.32 Å². The minimum Gasteiger partial charge on any atom is -0.345 e. The van der Waals surface area contributed by atoms with Crippen LogP contribution in [0.2, 0.25) is 0 Å². The molecular weight excluding hydrogens is 266 g/mol. The maximum absolute atomic E-state index is 12.4. The number of thioether (sulfide) groups is 1. The summed E-state index contributed by atoms with van der Waals surface area (Å²) in [5, 5.41) is 3.05. The average Bonchev–Trinajstić information content (AvgIpc) is 2.47. The van der Waals surface area contributed by atoms with Gasteiger partial charge in [0, 0.05) is 4.90 Å². The van der Waals surface area contributed by atoms with Crippen LogP contribution in [0.15, 0.2) is 53.4 Å². The lowest BCUT2D eigenvalue weighted by Gasteiger charge is -2.15. The van der Waals surface area contributed by atoms with Crippen molar-refractivity contribution in [2.24, 2.45) is 0 Å². The Labute approximate surface area is 124 Å². The first-order valence-electron chi connectivity index (χ1n) is 6.62. The van der Waals surface area contributed by atoms with Gasteiger partial charge in [0.05, 0.1) is 11.6 Å². The number of carbonyl (C=O) groups excluding carboxylic acids is 1. The minimum atomic E-state index is -0.0250. The topological polar surface area (TPSA) is 29.1 Å². The van der Waals surface area contributed by atoms with Crippen molar-refractivity contribution in [3.63, 3.8) is 0 Å². The van der Waals surface area contributed by atoms with Gasteiger partial charge in [-0.25, -0.2) is 0 Å². The molecule has 1 atom stereocenters. The van der Waals surface area contributed by atoms with Crippen molar-refractivity contribution in [1.29, 1.82) is 0 Å². The van der Waals surface area contributed by atoms with Crippen molar-refractivity contribution in [2.75, 3.05) is 6.26 Å². The van der Waals surface area contributed by atoms with Crippen LogP contribution < -0.4 is 5.32 Å². The second kappa shape index (κ2) is 6.62. The van der Waals surface area contributed by atoms with E-state index in [2.05, 4.69) is 36.5 Å². The molecule has 1 N–H and O–H groups in total. The largest absolute Gasteiger partial charge is 0.345 e. The van der Waals surface area contributed by atoms with Crippen LogP contribution in [0.25, 0.3) is 0 Å². The molecule has 0 saturated heterocycles. The third-order valence-corrected chi connectivity index (χ3v) is 4.07. The maximum Gasteiger partial charge on any atom is 0.252 e. The number of benzene rings is 2. The molecule has 0 aromatic heterocycles. The van der Waals surface area contributed by atoms with Crippen molar-refractivity contribution in [3.05, 3.63) is 65.2 Å². The van der Waals surface area contributed by atoms with Gasteiger partial charge < -0.3 is 5.32 Å². The number of hydrogen-bond acceptors (Lipinski definition) is 2. The second-order valence-electron chi connectivity index (χ2n) is 4.81. The van der Waals surface area contributed by atoms with Gasteiger partial charge in [-0.2, -0.15) is 0 Å². The molecule has 0 saturated carbocycles. The van der Waals surface area contributed by atoms with E-state index in [9.17, 15) is 4.79 Å². The molecule has 0 radical (unpaired) electrons. The average molecular weight is 285 g/mol. The fraction of sp³-hybridized carbons (Fsp3) is 0.235. The SMILES string of the molecule is CSc1ccccc1C(=O)N[C@H](C)c1ccc(C)cc1. The van der Waals surface area contributed by atoms with Gasteiger partial charge in [0.15, 0.2) is 0 Å². The van der Waals surface area contributed by atoms with Crippen LogP contribution in [0.5, 0.6) is 0 Å². The highest BCUT2D eigenvalue weighted by Gasteiger charge is 2.13. The number of rotatable bonds is 4. The molecule has 1 amide bonds. The van der Waals surface area contributed by atoms with Gasteiger partial charge >= 0.3 is 0 Å². The summed E-state index contributed by atoms with van der Waals surface area (Å²) in [6.45, 7) is 4.06. The molecule has 0 aliphatic heterocycles. The lowest BCUT2D eigenvalue weighted by molar-refractivity contribution is 0.0937. The van der Waals surface area contributed by atoms with Crippen molar-refractivity contribution >= 4 is 17.7 Å². The second-order valence-corrected chi connectivity index (χ2v) is 5.65. The normalized spacial score (nSPS) is 11.9. The van der Waals surface area contributed by atoms with Crippen LogP contribution in [0.3, 0.4) is 0 Å². The van der Waals surface area contributed by atoms with Crippen molar-refractivity contribution in [2.45, 2.75) is 24.8 Å². The first-order chi connectivity index (χ1) is 9.61. The highest BCUT2D eigenvalue weighted by molar-refractivity contribution is 7.98. The molecule has 0 fully saturated rings. The molecule has 3 heteroatoms. The van der Waals surface area contributed by atoms with Gasteiger partial charge in [-0.15, -0.1) is 11.8 Å². The molecular formula is C17H19NOS. The zero-order valence-corrected chi connectivity index (χ0v) is 12.8. The van der Waals surface area contributed by atoms with E-state index in [1.807, 2.05) is 37.4 Å². The molecule has 2 aromatic rings. The molecule has 0 aliphatic carbocycles. The molecule has 0 heterocycles. The Bertz CT molecular complexity index is 592. The summed E-state index contributed by atoms with van der Waals surface area (Å²) in [5.41, 5.74) is 3.07. The van der Waals surface area contributed by atoms with Gasteiger partial charge in [-0.05, 0) is 37.8 Å². The van der Waals surface area contributed by atoms with E-state index in [1.165, 1.54) is 5.56 Å². The van der Waals surface area contributed by atoms with Crippen LogP contribution in [0.1, 0.15) is 34.5 Å². The summed E-state index contributed by atoms with van der Waals surface area (Å²) in [5.74, 6) is -0.0250. The Morgan fingerprint density at radius 2 is 1.75 bits per heavy atom. The Hall–Kier alpha value is -1.74. The zero-order valence-electron chi connectivity index (χ0n) is 12.0. The Kier molecular flexibility index (Phi) is 4.85. The lowest BCUT2D eigenvalue weighted by atomic mass is 10.1. The Morgan fingerprint density at radius 1 is 1.10 bits per heavy atom. The molecule has 104 valence electrons. The van der Waals surface area contributed by atoms with Gasteiger partial charge in [0.2, 0.25) is 0 Å². The summed E-state index contributed by atoms with van der Waals surface area (Å²) in [4.78, 5) is 13.4. The van der Waals surface area contributed by atoms with Gasteiger partial charge in [0.1, 0.15) is 0 Å². The smallest absolute Gasteiger partial charge is 0.252 e. The fourth-order valence-corrected chi connectivity index (χ4v) is 2.64. The highest BCUT2D eigenvalue weighted by atomic mass is 32.2. The summed E-state index contributed by atoms with van der Waals surface area (Å²) in [6, 6.07) is 15.9. The van der Waals surface area contributed by atoms with E-state index >= 15 is 0 Å². The van der Waals surface area contributed by atoms with Gasteiger partial charge in [-0.3, -0.25) is 4.79 Å². The summed E-state index contributed by atoms with van der Waals surface area (Å²) in [6.07, 6.45) is 1.98. The van der Waals surface area contributed by atoms with E-state index in [0.717, 1.165) is 16.0 Å². The van der Waals surface area contributed by atoms with E-state index in [4.69, 9.17) is 0 Å². The Morgan fingerprint density at radius 3 is 2.40 bits per heavy atom. The number of hydrogen-bond donors (Lipinski definition) is 1. The molecule has 20 heavy (non-hydrogen) atoms. The van der Waals surface area contributed by atoms with Crippen LogP contribution in [-0.4, -0.2) is 12.2 Å². The van der Waals surface area contributed by atoms with E-state index in [1.54, 1.807) is 11.8 Å². The predicted octanol–water partition coefficient (Wildman–Crippen LogP) is 4.21. The third kappa shape index (κ3) is 3.42. The molecule has 0 unspecified atom stereocenters. The van der Waals surface area contributed by atoms with E-state index < -0.39 is 0 Å². The summed E-state index contributed by atoms with van der Waals surface area (Å²) in [7, 11) is 0. The van der Waals surface area contributed by atoms with E-state index in [0.29, 0.717) is 0 Å². The van der Waals surface area contributed by atoms with Gasteiger partial charge in [0.25, 0.3) is 5.91 Å². The first-order valence-corrected chi connectivity index (χ1v) is 7.84. The maximum atomic E-state index is 12.4. The number of nitrogens with one attached hydrogen (secondary N) is 1. The molecule has 2 aromatic carbocycles. The van der Waals surface area contributed by atoms with Crippen LogP contribution in [0.4, 0.5) is 0 Å². The van der Waals surface area contributed by atoms with Crippen molar-refractivity contribution in [3.8, 4) is 0 Å².